The predicted octanol–water partition coefficient (Wildman–Crippen LogP) is -0.632. The zero-order valence-electron chi connectivity index (χ0n) is 9.23. The Bertz CT molecular complexity index is 267. The van der Waals surface area contributed by atoms with E-state index in [1.54, 1.807) is 6.92 Å². The van der Waals surface area contributed by atoms with Gasteiger partial charge in [-0.15, -0.1) is 0 Å². The molecule has 92 valence electrons. The molecule has 0 saturated carbocycles. The second-order valence-corrected chi connectivity index (χ2v) is 3.21. The highest BCUT2D eigenvalue weighted by Gasteiger charge is 2.13. The molecule has 0 atom stereocenters. The van der Waals surface area contributed by atoms with Gasteiger partial charge in [0.15, 0.2) is 0 Å². The normalized spacial score (nSPS) is 9.56. The van der Waals surface area contributed by atoms with Crippen LogP contribution in [0.25, 0.3) is 0 Å². The van der Waals surface area contributed by atoms with Gasteiger partial charge in [-0.3, -0.25) is 9.59 Å². The van der Waals surface area contributed by atoms with Crippen LogP contribution in [-0.2, 0) is 9.59 Å². The molecular formula is C9H17N3O4. The maximum absolute atomic E-state index is 11.4. The Morgan fingerprint density at radius 2 is 2.00 bits per heavy atom. The molecule has 0 spiro atoms. The van der Waals surface area contributed by atoms with Gasteiger partial charge in [0.2, 0.25) is 5.91 Å². The van der Waals surface area contributed by atoms with Gasteiger partial charge in [0.1, 0.15) is 6.54 Å². The van der Waals surface area contributed by atoms with Gasteiger partial charge < -0.3 is 21.1 Å². The molecule has 0 aromatic heterocycles. The number of carbonyl (C=O) groups is 3. The van der Waals surface area contributed by atoms with E-state index in [9.17, 15) is 14.4 Å². The minimum atomic E-state index is -1.06. The van der Waals surface area contributed by atoms with Gasteiger partial charge in [-0.25, -0.2) is 4.79 Å². The van der Waals surface area contributed by atoms with Crippen LogP contribution in [0.3, 0.4) is 0 Å². The van der Waals surface area contributed by atoms with Crippen molar-refractivity contribution < 1.29 is 19.5 Å². The largest absolute Gasteiger partial charge is 0.480 e. The van der Waals surface area contributed by atoms with E-state index < -0.39 is 17.9 Å². The first-order chi connectivity index (χ1) is 7.47. The highest BCUT2D eigenvalue weighted by atomic mass is 16.4. The minimum absolute atomic E-state index is 0.200. The lowest BCUT2D eigenvalue weighted by molar-refractivity contribution is -0.137. The molecule has 16 heavy (non-hydrogen) atoms. The topological polar surface area (TPSA) is 113 Å². The second-order valence-electron chi connectivity index (χ2n) is 3.21. The third-order valence-corrected chi connectivity index (χ3v) is 1.87. The molecule has 0 aliphatic carbocycles. The van der Waals surface area contributed by atoms with Crippen molar-refractivity contribution in [3.63, 3.8) is 0 Å². The molecule has 0 aromatic rings. The molecule has 3 amide bonds. The Kier molecular flexibility index (Phi) is 6.66. The van der Waals surface area contributed by atoms with Crippen LogP contribution in [0.1, 0.15) is 19.8 Å². The van der Waals surface area contributed by atoms with E-state index in [-0.39, 0.29) is 13.0 Å². The first kappa shape index (κ1) is 14.2. The lowest BCUT2D eigenvalue weighted by Crippen LogP contribution is -2.43. The van der Waals surface area contributed by atoms with Gasteiger partial charge in [0.05, 0.1) is 0 Å². The number of nitrogens with one attached hydrogen (secondary N) is 1. The maximum atomic E-state index is 11.4. The molecule has 0 rings (SSSR count). The van der Waals surface area contributed by atoms with Crippen molar-refractivity contribution in [1.82, 2.24) is 10.2 Å². The molecule has 4 N–H and O–H groups in total. The van der Waals surface area contributed by atoms with Gasteiger partial charge in [-0.2, -0.15) is 0 Å². The highest BCUT2D eigenvalue weighted by Crippen LogP contribution is 1.91. The monoisotopic (exact) mass is 231 g/mol. The first-order valence-corrected chi connectivity index (χ1v) is 5.00. The number of carbonyl (C=O) groups excluding carboxylic acids is 2. The lowest BCUT2D eigenvalue weighted by atomic mass is 10.3. The summed E-state index contributed by atoms with van der Waals surface area (Å²) in [4.78, 5) is 33.4. The number of amides is 3. The van der Waals surface area contributed by atoms with Gasteiger partial charge in [-0.05, 0) is 13.3 Å². The summed E-state index contributed by atoms with van der Waals surface area (Å²) in [6.07, 6.45) is 0.650. The summed E-state index contributed by atoms with van der Waals surface area (Å²) >= 11 is 0. The van der Waals surface area contributed by atoms with Crippen LogP contribution in [0.15, 0.2) is 0 Å². The second kappa shape index (κ2) is 7.49. The van der Waals surface area contributed by atoms with Crippen molar-refractivity contribution in [3.8, 4) is 0 Å². The highest BCUT2D eigenvalue weighted by molar-refractivity contribution is 5.80. The van der Waals surface area contributed by atoms with Crippen LogP contribution < -0.4 is 11.1 Å². The summed E-state index contributed by atoms with van der Waals surface area (Å²) in [5.41, 5.74) is 4.92. The van der Waals surface area contributed by atoms with Crippen LogP contribution in [0.2, 0.25) is 0 Å². The number of urea groups is 1. The van der Waals surface area contributed by atoms with E-state index in [1.165, 1.54) is 0 Å². The molecule has 0 aromatic carbocycles. The lowest BCUT2D eigenvalue weighted by Gasteiger charge is -2.18. The summed E-state index contributed by atoms with van der Waals surface area (Å²) in [7, 11) is 0. The molecule has 7 nitrogen and oxygen atoms in total. The Morgan fingerprint density at radius 1 is 1.38 bits per heavy atom. The summed E-state index contributed by atoms with van der Waals surface area (Å²) in [6, 6.07) is -0.450. The number of primary amides is 1. The summed E-state index contributed by atoms with van der Waals surface area (Å²) < 4.78 is 0. The molecule has 0 aliphatic rings. The van der Waals surface area contributed by atoms with E-state index in [2.05, 4.69) is 5.32 Å². The number of nitrogens with zero attached hydrogens (tertiary/aromatic N) is 1. The number of carboxylic acids is 1. The van der Waals surface area contributed by atoms with Crippen LogP contribution in [0.4, 0.5) is 4.79 Å². The number of likely N-dealkylation sites (N-methyl/N-ethyl adjacent to an activating group) is 1. The number of aliphatic carboxylic acids is 1. The van der Waals surface area contributed by atoms with Gasteiger partial charge >= 0.3 is 12.0 Å². The third-order valence-electron chi connectivity index (χ3n) is 1.87. The molecule has 0 aliphatic heterocycles. The zero-order valence-corrected chi connectivity index (χ0v) is 9.23. The predicted molar refractivity (Wildman–Crippen MR) is 56.7 cm³/mol. The minimum Gasteiger partial charge on any atom is -0.480 e. The third kappa shape index (κ3) is 6.63. The molecular weight excluding hydrogens is 214 g/mol. The number of rotatable bonds is 7. The fraction of sp³-hybridized carbons (Fsp3) is 0.667. The van der Waals surface area contributed by atoms with Crippen molar-refractivity contribution in [2.45, 2.75) is 19.8 Å². The Labute approximate surface area is 93.6 Å². The number of hydrogen-bond acceptors (Lipinski definition) is 3. The average molecular weight is 231 g/mol. The Hall–Kier alpha value is -1.79. The van der Waals surface area contributed by atoms with E-state index in [4.69, 9.17) is 10.8 Å². The smallest absolute Gasteiger partial charge is 0.323 e. The van der Waals surface area contributed by atoms with E-state index in [0.717, 1.165) is 4.90 Å². The molecule has 7 heteroatoms. The fourth-order valence-electron chi connectivity index (χ4n) is 1.06. The van der Waals surface area contributed by atoms with Crippen molar-refractivity contribution in [2.24, 2.45) is 5.73 Å². The van der Waals surface area contributed by atoms with Crippen molar-refractivity contribution in [2.75, 3.05) is 19.6 Å². The van der Waals surface area contributed by atoms with E-state index in [1.807, 2.05) is 0 Å². The van der Waals surface area contributed by atoms with E-state index in [0.29, 0.717) is 19.5 Å². The van der Waals surface area contributed by atoms with Crippen LogP contribution in [-0.4, -0.2) is 47.5 Å². The van der Waals surface area contributed by atoms with Gasteiger partial charge in [0.25, 0.3) is 0 Å². The quantitative estimate of drug-likeness (QED) is 0.506. The Morgan fingerprint density at radius 3 is 2.44 bits per heavy atom. The maximum Gasteiger partial charge on any atom is 0.323 e. The molecule has 0 unspecified atom stereocenters. The molecule has 0 saturated heterocycles. The van der Waals surface area contributed by atoms with Crippen LogP contribution >= 0.6 is 0 Å². The molecule has 0 radical (unpaired) electrons. The number of carboxylic acid groups (broad SMARTS) is 1. The standard InChI is InChI=1S/C9H17N3O4/c1-2-12(6-8(14)15)9(16)11-5-3-4-7(10)13/h2-6H2,1H3,(H2,10,13)(H,11,16)(H,14,15). The van der Waals surface area contributed by atoms with Crippen molar-refractivity contribution in [1.29, 1.82) is 0 Å². The van der Waals surface area contributed by atoms with Gasteiger partial charge in [0, 0.05) is 19.5 Å². The first-order valence-electron chi connectivity index (χ1n) is 5.00. The van der Waals surface area contributed by atoms with E-state index >= 15 is 0 Å². The SMILES string of the molecule is CCN(CC(=O)O)C(=O)NCCCC(N)=O. The zero-order chi connectivity index (χ0) is 12.6. The van der Waals surface area contributed by atoms with Crippen LogP contribution in [0.5, 0.6) is 0 Å². The number of hydrogen-bond donors (Lipinski definition) is 3. The van der Waals surface area contributed by atoms with Crippen LogP contribution in [0, 0.1) is 0 Å². The average Bonchev–Trinajstić information content (AvgIpc) is 2.20. The molecule has 0 bridgehead atoms. The van der Waals surface area contributed by atoms with Crippen molar-refractivity contribution >= 4 is 17.9 Å². The molecule has 0 heterocycles. The summed E-state index contributed by atoms with van der Waals surface area (Å²) in [5.74, 6) is -1.48. The van der Waals surface area contributed by atoms with Gasteiger partial charge in [-0.1, -0.05) is 0 Å². The molecule has 0 fully saturated rings. The fourth-order valence-corrected chi connectivity index (χ4v) is 1.06. The van der Waals surface area contributed by atoms with Crippen molar-refractivity contribution in [3.05, 3.63) is 0 Å². The summed E-state index contributed by atoms with van der Waals surface area (Å²) in [5, 5.41) is 11.0. The summed E-state index contributed by atoms with van der Waals surface area (Å²) in [6.45, 7) is 1.97. The number of nitrogens with two attached hydrogens (primary N) is 1. The Balaban J connectivity index is 3.84.